The molecule has 0 bridgehead atoms. The summed E-state index contributed by atoms with van der Waals surface area (Å²) in [7, 11) is 0. The minimum atomic E-state index is -0.745. The molecule has 0 atom stereocenters. The summed E-state index contributed by atoms with van der Waals surface area (Å²) in [5, 5.41) is 2.52. The molecule has 3 N–H and O–H groups in total. The van der Waals surface area contributed by atoms with Crippen LogP contribution in [0.15, 0.2) is 17.9 Å². The number of hydrazine groups is 1. The lowest BCUT2D eigenvalue weighted by Gasteiger charge is -1.94. The van der Waals surface area contributed by atoms with Crippen molar-refractivity contribution in [2.24, 2.45) is 5.11 Å². The molecule has 0 saturated heterocycles. The Bertz CT molecular complexity index is 110. The van der Waals surface area contributed by atoms with Crippen molar-refractivity contribution < 1.29 is 4.79 Å². The van der Waals surface area contributed by atoms with Gasteiger partial charge in [0.05, 0.1) is 0 Å². The smallest absolute Gasteiger partial charge is 0.305 e. The van der Waals surface area contributed by atoms with Crippen molar-refractivity contribution in [3.05, 3.63) is 12.8 Å². The molecule has 0 rings (SSSR count). The lowest BCUT2D eigenvalue weighted by molar-refractivity contribution is 0.245. The van der Waals surface area contributed by atoms with E-state index in [0.29, 0.717) is 0 Å². The van der Waals surface area contributed by atoms with Crippen molar-refractivity contribution in [3.8, 4) is 0 Å². The summed E-state index contributed by atoms with van der Waals surface area (Å²) in [4.78, 5) is 10.00. The van der Waals surface area contributed by atoms with Gasteiger partial charge in [-0.1, -0.05) is 11.7 Å². The predicted octanol–water partition coefficient (Wildman–Crippen LogP) is 0.375. The van der Waals surface area contributed by atoms with Crippen LogP contribution in [0.5, 0.6) is 0 Å². The Hall–Kier alpha value is -1.39. The number of carbonyl (C=O) groups is 1. The molecule has 0 aliphatic rings. The number of hydrogen-bond acceptors (Lipinski definition) is 3. The number of nitrogens with one attached hydrogen (secondary N) is 3. The molecule has 0 fully saturated rings. The van der Waals surface area contributed by atoms with Gasteiger partial charge in [0.1, 0.15) is 0 Å². The Balaban J connectivity index is 3.24. The van der Waals surface area contributed by atoms with E-state index < -0.39 is 6.03 Å². The van der Waals surface area contributed by atoms with Crippen LogP contribution in [-0.4, -0.2) is 6.03 Å². The van der Waals surface area contributed by atoms with Gasteiger partial charge >= 0.3 is 6.03 Å². The van der Waals surface area contributed by atoms with Crippen molar-refractivity contribution in [1.82, 2.24) is 10.9 Å². The van der Waals surface area contributed by atoms with Crippen molar-refractivity contribution in [2.45, 2.75) is 0 Å². The largest absolute Gasteiger partial charge is 0.377 e. The van der Waals surface area contributed by atoms with Crippen molar-refractivity contribution in [3.63, 3.8) is 0 Å². The third-order valence-electron chi connectivity index (χ3n) is 0.383. The molecule has 0 spiro atoms. The first-order valence-corrected chi connectivity index (χ1v) is 1.85. The number of carbonyl (C=O) groups excluding carboxylic acids is 1. The maximum atomic E-state index is 10.00. The van der Waals surface area contributed by atoms with Crippen LogP contribution in [0.4, 0.5) is 4.79 Å². The Kier molecular flexibility index (Phi) is 3.13. The van der Waals surface area contributed by atoms with Crippen molar-refractivity contribution in [2.75, 3.05) is 0 Å². The van der Waals surface area contributed by atoms with E-state index in [1.54, 1.807) is 0 Å². The summed E-state index contributed by atoms with van der Waals surface area (Å²) in [5.41, 5.74) is 10.4. The quantitative estimate of drug-likeness (QED) is 0.358. The van der Waals surface area contributed by atoms with E-state index in [1.807, 2.05) is 5.43 Å². The van der Waals surface area contributed by atoms with Crippen LogP contribution in [0, 0.1) is 5.53 Å². The molecule has 44 valence electrons. The number of rotatable bonds is 2. The highest BCUT2D eigenvalue weighted by Crippen LogP contribution is 1.64. The van der Waals surface area contributed by atoms with E-state index >= 15 is 0 Å². The summed E-state index contributed by atoms with van der Waals surface area (Å²) in [6.07, 6.45) is 1.27. The highest BCUT2D eigenvalue weighted by Gasteiger charge is 1.87. The average molecular weight is 114 g/mol. The van der Waals surface area contributed by atoms with Gasteiger partial charge in [-0.05, 0) is 0 Å². The van der Waals surface area contributed by atoms with Crippen LogP contribution in [0.2, 0.25) is 0 Å². The average Bonchev–Trinajstić information content (AvgIpc) is 1.83. The summed E-state index contributed by atoms with van der Waals surface area (Å²) < 4.78 is 0. The Labute approximate surface area is 46.2 Å². The molecule has 0 unspecified atom stereocenters. The fourth-order valence-corrected chi connectivity index (χ4v) is 0.141. The summed E-state index contributed by atoms with van der Waals surface area (Å²) >= 11 is 0. The van der Waals surface area contributed by atoms with E-state index in [1.165, 1.54) is 6.20 Å². The molecule has 2 amide bonds. The summed E-state index contributed by atoms with van der Waals surface area (Å²) in [5.74, 6) is 0. The zero-order valence-electron chi connectivity index (χ0n) is 4.14. The van der Waals surface area contributed by atoms with E-state index in [9.17, 15) is 4.79 Å². The standard InChI is InChI=1S/C3H6N4O/c1-2-5-7-3(8)6-4/h2,4-5H,1H2,(H,7,8). The third kappa shape index (κ3) is 2.83. The molecule has 0 heterocycles. The van der Waals surface area contributed by atoms with Crippen LogP contribution in [0.1, 0.15) is 0 Å². The fourth-order valence-electron chi connectivity index (χ4n) is 0.141. The minimum Gasteiger partial charge on any atom is -0.305 e. The molecule has 0 saturated carbocycles. The fraction of sp³-hybridized carbons (Fsp3) is 0. The van der Waals surface area contributed by atoms with E-state index in [2.05, 4.69) is 17.1 Å². The second kappa shape index (κ2) is 3.79. The molecule has 8 heavy (non-hydrogen) atoms. The number of nitrogens with zero attached hydrogens (tertiary/aromatic N) is 1. The van der Waals surface area contributed by atoms with E-state index in [0.717, 1.165) is 0 Å². The lowest BCUT2D eigenvalue weighted by atomic mass is 11.0. The van der Waals surface area contributed by atoms with E-state index in [-0.39, 0.29) is 0 Å². The zero-order chi connectivity index (χ0) is 6.41. The summed E-state index contributed by atoms with van der Waals surface area (Å²) in [6, 6.07) is -0.745. The van der Waals surface area contributed by atoms with Gasteiger partial charge in [-0.2, -0.15) is 5.53 Å². The number of hydrogen-bond donors (Lipinski definition) is 3. The number of urea groups is 1. The predicted molar refractivity (Wildman–Crippen MR) is 27.0 cm³/mol. The molecule has 0 aliphatic carbocycles. The molecule has 0 aromatic carbocycles. The normalized spacial score (nSPS) is 7.00. The zero-order valence-corrected chi connectivity index (χ0v) is 4.14. The van der Waals surface area contributed by atoms with Gasteiger partial charge in [-0.3, -0.25) is 0 Å². The second-order valence-electron chi connectivity index (χ2n) is 0.890. The Morgan fingerprint density at radius 3 is 2.88 bits per heavy atom. The van der Waals surface area contributed by atoms with Crippen LogP contribution in [0.3, 0.4) is 0 Å². The van der Waals surface area contributed by atoms with Gasteiger partial charge in [0.15, 0.2) is 0 Å². The molecule has 0 aromatic heterocycles. The molecule has 0 aliphatic heterocycles. The molecule has 5 heteroatoms. The first-order chi connectivity index (χ1) is 3.81. The molecule has 0 radical (unpaired) electrons. The molecule has 5 nitrogen and oxygen atoms in total. The van der Waals surface area contributed by atoms with Crippen molar-refractivity contribution >= 4 is 6.03 Å². The molecule has 0 aromatic rings. The maximum absolute atomic E-state index is 10.00. The van der Waals surface area contributed by atoms with E-state index in [4.69, 9.17) is 5.53 Å². The second-order valence-corrected chi connectivity index (χ2v) is 0.890. The minimum absolute atomic E-state index is 0.745. The first kappa shape index (κ1) is 6.61. The van der Waals surface area contributed by atoms with Crippen LogP contribution < -0.4 is 10.9 Å². The summed E-state index contributed by atoms with van der Waals surface area (Å²) in [6.45, 7) is 3.24. The lowest BCUT2D eigenvalue weighted by Crippen LogP contribution is -2.30. The Morgan fingerprint density at radius 1 is 1.88 bits per heavy atom. The van der Waals surface area contributed by atoms with Crippen LogP contribution in [0.25, 0.3) is 0 Å². The van der Waals surface area contributed by atoms with Gasteiger partial charge in [-0.25, -0.2) is 10.2 Å². The van der Waals surface area contributed by atoms with Gasteiger partial charge in [0.2, 0.25) is 0 Å². The van der Waals surface area contributed by atoms with Crippen LogP contribution in [-0.2, 0) is 0 Å². The monoisotopic (exact) mass is 114 g/mol. The first-order valence-electron chi connectivity index (χ1n) is 1.85. The van der Waals surface area contributed by atoms with Gasteiger partial charge in [-0.15, -0.1) is 0 Å². The maximum Gasteiger partial charge on any atom is 0.377 e. The molecular weight excluding hydrogens is 108 g/mol. The highest BCUT2D eigenvalue weighted by atomic mass is 16.2. The van der Waals surface area contributed by atoms with Gasteiger partial charge < -0.3 is 5.43 Å². The SMILES string of the molecule is C=CNNC(=O)N=N. The highest BCUT2D eigenvalue weighted by molar-refractivity contribution is 5.73. The topological polar surface area (TPSA) is 77.3 Å². The van der Waals surface area contributed by atoms with Gasteiger partial charge in [0.25, 0.3) is 0 Å². The van der Waals surface area contributed by atoms with Crippen LogP contribution >= 0.6 is 0 Å². The Morgan fingerprint density at radius 2 is 2.50 bits per heavy atom. The number of amides is 2. The van der Waals surface area contributed by atoms with Crippen molar-refractivity contribution in [1.29, 1.82) is 5.53 Å². The molecular formula is C3H6N4O. The van der Waals surface area contributed by atoms with Gasteiger partial charge in [0, 0.05) is 6.20 Å². The third-order valence-corrected chi connectivity index (χ3v) is 0.383.